The first-order valence-electron chi connectivity index (χ1n) is 13.3. The van der Waals surface area contributed by atoms with Crippen LogP contribution in [0.15, 0.2) is 103 Å². The number of rotatable bonds is 9. The summed E-state index contributed by atoms with van der Waals surface area (Å²) in [5.41, 5.74) is 6.55. The second-order valence-corrected chi connectivity index (χ2v) is 9.45. The Hall–Kier alpha value is -3.89. The molecule has 37 heavy (non-hydrogen) atoms. The maximum atomic E-state index is 15.3. The van der Waals surface area contributed by atoms with Gasteiger partial charge in [-0.05, 0) is 104 Å². The first-order valence-corrected chi connectivity index (χ1v) is 13.3. The minimum atomic E-state index is -0.117. The van der Waals surface area contributed by atoms with Crippen LogP contribution < -0.4 is 0 Å². The lowest BCUT2D eigenvalue weighted by molar-refractivity contribution is 0.620. The highest BCUT2D eigenvalue weighted by Crippen LogP contribution is 2.24. The zero-order valence-electron chi connectivity index (χ0n) is 21.9. The lowest BCUT2D eigenvalue weighted by atomic mass is 9.98. The quantitative estimate of drug-likeness (QED) is 0.163. The van der Waals surface area contributed by atoms with E-state index in [-0.39, 0.29) is 5.82 Å². The Morgan fingerprint density at radius 3 is 1.76 bits per heavy atom. The van der Waals surface area contributed by atoms with Crippen LogP contribution in [0.3, 0.4) is 0 Å². The molecule has 4 aromatic carbocycles. The number of hydrogen-bond acceptors (Lipinski definition) is 0. The molecule has 0 aliphatic heterocycles. The van der Waals surface area contributed by atoms with Gasteiger partial charge < -0.3 is 0 Å². The first-order chi connectivity index (χ1) is 18.2. The lowest BCUT2D eigenvalue weighted by Gasteiger charge is -2.08. The van der Waals surface area contributed by atoms with E-state index in [4.69, 9.17) is 0 Å². The topological polar surface area (TPSA) is 0 Å². The molecule has 0 aromatic heterocycles. The maximum absolute atomic E-state index is 15.3. The van der Waals surface area contributed by atoms with E-state index in [0.29, 0.717) is 11.8 Å². The van der Waals surface area contributed by atoms with Crippen LogP contribution in [0.25, 0.3) is 10.8 Å². The smallest absolute Gasteiger partial charge is 0.134 e. The van der Waals surface area contributed by atoms with Gasteiger partial charge in [0.25, 0.3) is 0 Å². The minimum absolute atomic E-state index is 0.117. The predicted molar refractivity (Wildman–Crippen MR) is 156 cm³/mol. The average molecular weight is 487 g/mol. The van der Waals surface area contributed by atoms with Crippen molar-refractivity contribution in [1.82, 2.24) is 0 Å². The van der Waals surface area contributed by atoms with Gasteiger partial charge in [0.15, 0.2) is 0 Å². The van der Waals surface area contributed by atoms with Crippen molar-refractivity contribution < 1.29 is 4.39 Å². The zero-order valence-corrected chi connectivity index (χ0v) is 21.9. The Morgan fingerprint density at radius 1 is 0.595 bits per heavy atom. The molecule has 0 aliphatic carbocycles. The minimum Gasteiger partial charge on any atom is -0.206 e. The Morgan fingerprint density at radius 2 is 1.14 bits per heavy atom. The van der Waals surface area contributed by atoms with Crippen molar-refractivity contribution >= 4 is 10.8 Å². The van der Waals surface area contributed by atoms with Gasteiger partial charge in [0.05, 0.1) is 0 Å². The molecule has 0 spiro atoms. The van der Waals surface area contributed by atoms with E-state index in [0.717, 1.165) is 54.2 Å². The molecule has 0 fully saturated rings. The normalized spacial score (nSPS) is 11.3. The van der Waals surface area contributed by atoms with Crippen LogP contribution in [-0.4, -0.2) is 0 Å². The third-order valence-corrected chi connectivity index (χ3v) is 6.72. The molecule has 0 saturated carbocycles. The molecule has 0 radical (unpaired) electrons. The van der Waals surface area contributed by atoms with Gasteiger partial charge in [-0.25, -0.2) is 4.39 Å². The molecule has 0 amide bonds. The molecular formula is C36H35F. The van der Waals surface area contributed by atoms with Crippen LogP contribution in [0.1, 0.15) is 60.1 Å². The molecule has 1 heteroatoms. The second-order valence-electron chi connectivity index (χ2n) is 9.45. The number of aryl methyl sites for hydroxylation is 4. The SMILES string of the molecule is C/C=C/CCc1ccc(C#Cc2ccc3c(F)c(CCc4ccc(CC/C=C/C)cc4)ccc3c2)cc1. The monoisotopic (exact) mass is 486 g/mol. The largest absolute Gasteiger partial charge is 0.206 e. The van der Waals surface area contributed by atoms with E-state index in [9.17, 15) is 0 Å². The molecule has 4 rings (SSSR count). The van der Waals surface area contributed by atoms with Crippen molar-refractivity contribution in [1.29, 1.82) is 0 Å². The fourth-order valence-corrected chi connectivity index (χ4v) is 4.49. The summed E-state index contributed by atoms with van der Waals surface area (Å²) in [5.74, 6) is 6.36. The van der Waals surface area contributed by atoms with Crippen LogP contribution in [-0.2, 0) is 25.7 Å². The number of allylic oxidation sites excluding steroid dienone is 4. The van der Waals surface area contributed by atoms with Crippen LogP contribution in [0.2, 0.25) is 0 Å². The van der Waals surface area contributed by atoms with E-state index in [2.05, 4.69) is 91.6 Å². The fraction of sp³-hybridized carbons (Fsp3) is 0.222. The molecule has 0 heterocycles. The van der Waals surface area contributed by atoms with Crippen molar-refractivity contribution in [2.24, 2.45) is 0 Å². The summed E-state index contributed by atoms with van der Waals surface area (Å²) in [6, 6.07) is 26.9. The standard InChI is InChI=1S/C36H35F/c1-3-5-7-9-28-11-15-30(16-12-28)19-20-32-22-26-35-34(27-32)25-24-33(36(35)37)23-21-31-17-13-29(14-18-31)10-8-6-4-2/h3-6,11-18,22,24-27H,7-10,21,23H2,1-2H3/b5-3+,6-4+. The van der Waals surface area contributed by atoms with E-state index in [1.54, 1.807) is 0 Å². The molecule has 4 aromatic rings. The van der Waals surface area contributed by atoms with Crippen LogP contribution in [0.5, 0.6) is 0 Å². The first kappa shape index (κ1) is 26.2. The molecule has 0 nitrogen and oxygen atoms in total. The summed E-state index contributed by atoms with van der Waals surface area (Å²) >= 11 is 0. The molecule has 0 aliphatic rings. The van der Waals surface area contributed by atoms with Gasteiger partial charge >= 0.3 is 0 Å². The van der Waals surface area contributed by atoms with Crippen LogP contribution in [0.4, 0.5) is 4.39 Å². The van der Waals surface area contributed by atoms with Crippen molar-refractivity contribution in [2.75, 3.05) is 0 Å². The molecule has 0 unspecified atom stereocenters. The molecule has 0 saturated heterocycles. The Labute approximate surface area is 221 Å². The number of fused-ring (bicyclic) bond motifs is 1. The van der Waals surface area contributed by atoms with Crippen molar-refractivity contribution in [2.45, 2.75) is 52.4 Å². The lowest BCUT2D eigenvalue weighted by Crippen LogP contribution is -1.96. The van der Waals surface area contributed by atoms with E-state index < -0.39 is 0 Å². The molecular weight excluding hydrogens is 451 g/mol. The number of halogens is 1. The van der Waals surface area contributed by atoms with Gasteiger partial charge in [0, 0.05) is 16.5 Å². The average Bonchev–Trinajstić information content (AvgIpc) is 2.93. The third kappa shape index (κ3) is 7.55. The Balaban J connectivity index is 1.40. The summed E-state index contributed by atoms with van der Waals surface area (Å²) in [4.78, 5) is 0. The van der Waals surface area contributed by atoms with E-state index in [1.807, 2.05) is 37.3 Å². The number of benzene rings is 4. The van der Waals surface area contributed by atoms with Crippen molar-refractivity contribution in [3.05, 3.63) is 142 Å². The summed E-state index contributed by atoms with van der Waals surface area (Å²) in [5, 5.41) is 1.55. The van der Waals surface area contributed by atoms with Gasteiger partial charge in [-0.15, -0.1) is 0 Å². The predicted octanol–water partition coefficient (Wildman–Crippen LogP) is 9.18. The number of hydrogen-bond donors (Lipinski definition) is 0. The van der Waals surface area contributed by atoms with Crippen molar-refractivity contribution in [3.8, 4) is 11.8 Å². The summed E-state index contributed by atoms with van der Waals surface area (Å²) in [6.45, 7) is 4.10. The van der Waals surface area contributed by atoms with Crippen LogP contribution in [0, 0.1) is 17.7 Å². The molecule has 0 N–H and O–H groups in total. The third-order valence-electron chi connectivity index (χ3n) is 6.72. The Bertz CT molecular complexity index is 1420. The van der Waals surface area contributed by atoms with E-state index in [1.165, 1.54) is 16.7 Å². The molecule has 186 valence electrons. The van der Waals surface area contributed by atoms with Gasteiger partial charge in [0.2, 0.25) is 0 Å². The maximum Gasteiger partial charge on any atom is 0.134 e. The highest BCUT2D eigenvalue weighted by atomic mass is 19.1. The highest BCUT2D eigenvalue weighted by molar-refractivity contribution is 5.85. The molecule has 0 bridgehead atoms. The second kappa shape index (κ2) is 13.4. The van der Waals surface area contributed by atoms with Gasteiger partial charge in [0.1, 0.15) is 5.82 Å². The van der Waals surface area contributed by atoms with Crippen molar-refractivity contribution in [3.63, 3.8) is 0 Å². The van der Waals surface area contributed by atoms with Gasteiger partial charge in [-0.2, -0.15) is 0 Å². The van der Waals surface area contributed by atoms with E-state index >= 15 is 4.39 Å². The Kier molecular flexibility index (Phi) is 9.50. The summed E-state index contributed by atoms with van der Waals surface area (Å²) < 4.78 is 15.3. The molecule has 0 atom stereocenters. The summed E-state index contributed by atoms with van der Waals surface area (Å²) in [7, 11) is 0. The zero-order chi connectivity index (χ0) is 25.9. The fourth-order valence-electron chi connectivity index (χ4n) is 4.49. The summed E-state index contributed by atoms with van der Waals surface area (Å²) in [6.07, 6.45) is 14.3. The van der Waals surface area contributed by atoms with Gasteiger partial charge in [-0.3, -0.25) is 0 Å². The van der Waals surface area contributed by atoms with Gasteiger partial charge in [-0.1, -0.05) is 90.7 Å². The highest BCUT2D eigenvalue weighted by Gasteiger charge is 2.08. The van der Waals surface area contributed by atoms with Crippen LogP contribution >= 0.6 is 0 Å².